The monoisotopic (exact) mass is 367 g/mol. The molecule has 0 saturated heterocycles. The fraction of sp³-hybridized carbons (Fsp3) is 0.333. The SMILES string of the molecule is CC(CN(C)C(=O)Nc1ccccc1CN1CCc2ccccc21)C(=O)O. The maximum atomic E-state index is 12.5. The third-order valence-corrected chi connectivity index (χ3v) is 4.92. The molecule has 2 aromatic rings. The van der Waals surface area contributed by atoms with E-state index in [2.05, 4.69) is 28.4 Å². The minimum atomic E-state index is -0.914. The second-order valence-corrected chi connectivity index (χ2v) is 7.01. The van der Waals surface area contributed by atoms with E-state index in [1.165, 1.54) is 16.2 Å². The first-order chi connectivity index (χ1) is 13.0. The zero-order valence-corrected chi connectivity index (χ0v) is 15.7. The third kappa shape index (κ3) is 4.39. The number of benzene rings is 2. The predicted molar refractivity (Wildman–Crippen MR) is 106 cm³/mol. The van der Waals surface area contributed by atoms with E-state index in [9.17, 15) is 9.59 Å². The van der Waals surface area contributed by atoms with Crippen molar-refractivity contribution in [2.45, 2.75) is 19.9 Å². The van der Waals surface area contributed by atoms with Crippen LogP contribution in [0, 0.1) is 5.92 Å². The van der Waals surface area contributed by atoms with E-state index in [-0.39, 0.29) is 12.6 Å². The van der Waals surface area contributed by atoms with Gasteiger partial charge in [-0.05, 0) is 29.7 Å². The van der Waals surface area contributed by atoms with Crippen LogP contribution in [-0.2, 0) is 17.8 Å². The van der Waals surface area contributed by atoms with Gasteiger partial charge in [-0.3, -0.25) is 4.79 Å². The Balaban J connectivity index is 1.69. The van der Waals surface area contributed by atoms with Gasteiger partial charge >= 0.3 is 12.0 Å². The van der Waals surface area contributed by atoms with Crippen molar-refractivity contribution in [3.05, 3.63) is 59.7 Å². The van der Waals surface area contributed by atoms with Crippen molar-refractivity contribution in [1.29, 1.82) is 0 Å². The van der Waals surface area contributed by atoms with Crippen molar-refractivity contribution >= 4 is 23.4 Å². The lowest BCUT2D eigenvalue weighted by Crippen LogP contribution is -2.37. The van der Waals surface area contributed by atoms with Gasteiger partial charge in [0, 0.05) is 38.1 Å². The molecule has 3 rings (SSSR count). The number of para-hydroxylation sites is 2. The Morgan fingerprint density at radius 2 is 1.89 bits per heavy atom. The van der Waals surface area contributed by atoms with Crippen molar-refractivity contribution in [2.24, 2.45) is 5.92 Å². The summed E-state index contributed by atoms with van der Waals surface area (Å²) in [7, 11) is 1.61. The summed E-state index contributed by atoms with van der Waals surface area (Å²) in [6.45, 7) is 3.41. The second-order valence-electron chi connectivity index (χ2n) is 7.01. The van der Waals surface area contributed by atoms with Crippen molar-refractivity contribution in [3.8, 4) is 0 Å². The molecule has 1 unspecified atom stereocenters. The van der Waals surface area contributed by atoms with Gasteiger partial charge in [-0.25, -0.2) is 4.79 Å². The molecule has 1 atom stereocenters. The Morgan fingerprint density at radius 3 is 2.67 bits per heavy atom. The number of carboxylic acid groups (broad SMARTS) is 1. The largest absolute Gasteiger partial charge is 0.481 e. The molecule has 2 aromatic carbocycles. The smallest absolute Gasteiger partial charge is 0.321 e. The van der Waals surface area contributed by atoms with Crippen LogP contribution in [0.2, 0.25) is 0 Å². The Hall–Kier alpha value is -3.02. The van der Waals surface area contributed by atoms with Crippen molar-refractivity contribution < 1.29 is 14.7 Å². The first-order valence-electron chi connectivity index (χ1n) is 9.11. The maximum absolute atomic E-state index is 12.5. The number of anilines is 2. The van der Waals surface area contributed by atoms with E-state index >= 15 is 0 Å². The van der Waals surface area contributed by atoms with E-state index < -0.39 is 11.9 Å². The highest BCUT2D eigenvalue weighted by molar-refractivity contribution is 5.90. The van der Waals surface area contributed by atoms with Gasteiger partial charge in [0.05, 0.1) is 5.92 Å². The summed E-state index contributed by atoms with van der Waals surface area (Å²) in [5, 5.41) is 11.9. The molecule has 27 heavy (non-hydrogen) atoms. The Kier molecular flexibility index (Phi) is 5.64. The highest BCUT2D eigenvalue weighted by atomic mass is 16.4. The standard InChI is InChI=1S/C21H25N3O3/c1-15(20(25)26)13-23(2)21(27)22-18-9-5-3-8-17(18)14-24-12-11-16-7-4-6-10-19(16)24/h3-10,15H,11-14H2,1-2H3,(H,22,27)(H,25,26). The number of aliphatic carboxylic acids is 1. The van der Waals surface area contributed by atoms with E-state index in [1.807, 2.05) is 30.3 Å². The fourth-order valence-corrected chi connectivity index (χ4v) is 3.34. The van der Waals surface area contributed by atoms with Crippen LogP contribution in [0.15, 0.2) is 48.5 Å². The lowest BCUT2D eigenvalue weighted by atomic mass is 10.1. The van der Waals surface area contributed by atoms with Crippen LogP contribution in [0.4, 0.5) is 16.2 Å². The van der Waals surface area contributed by atoms with E-state index in [1.54, 1.807) is 14.0 Å². The second kappa shape index (κ2) is 8.12. The Labute approximate surface area is 159 Å². The van der Waals surface area contributed by atoms with Gasteiger partial charge in [0.25, 0.3) is 0 Å². The quantitative estimate of drug-likeness (QED) is 0.820. The van der Waals surface area contributed by atoms with Gasteiger partial charge in [-0.1, -0.05) is 43.3 Å². The van der Waals surface area contributed by atoms with Gasteiger partial charge in [-0.15, -0.1) is 0 Å². The number of urea groups is 1. The number of amides is 2. The summed E-state index contributed by atoms with van der Waals surface area (Å²) in [4.78, 5) is 27.2. The summed E-state index contributed by atoms with van der Waals surface area (Å²) in [5.74, 6) is -1.53. The molecule has 0 aliphatic carbocycles. The van der Waals surface area contributed by atoms with Crippen molar-refractivity contribution in [1.82, 2.24) is 4.90 Å². The number of nitrogens with zero attached hydrogens (tertiary/aromatic N) is 2. The maximum Gasteiger partial charge on any atom is 0.321 e. The third-order valence-electron chi connectivity index (χ3n) is 4.92. The van der Waals surface area contributed by atoms with E-state index in [4.69, 9.17) is 5.11 Å². The number of carbonyl (C=O) groups is 2. The molecule has 0 radical (unpaired) electrons. The zero-order valence-electron chi connectivity index (χ0n) is 15.7. The van der Waals surface area contributed by atoms with E-state index in [0.717, 1.165) is 24.2 Å². The predicted octanol–water partition coefficient (Wildman–Crippen LogP) is 3.43. The molecular formula is C21H25N3O3. The van der Waals surface area contributed by atoms with Gasteiger partial charge < -0.3 is 20.2 Å². The number of hydrogen-bond acceptors (Lipinski definition) is 3. The zero-order chi connectivity index (χ0) is 19.4. The summed E-state index contributed by atoms with van der Waals surface area (Å²) in [6, 6.07) is 15.8. The Morgan fingerprint density at radius 1 is 1.19 bits per heavy atom. The molecule has 142 valence electrons. The van der Waals surface area contributed by atoms with Gasteiger partial charge in [0.15, 0.2) is 0 Å². The first-order valence-corrected chi connectivity index (χ1v) is 9.11. The summed E-state index contributed by atoms with van der Waals surface area (Å²) in [6.07, 6.45) is 1.03. The van der Waals surface area contributed by atoms with Crippen LogP contribution in [0.3, 0.4) is 0 Å². The molecule has 6 nitrogen and oxygen atoms in total. The molecule has 0 fully saturated rings. The van der Waals surface area contributed by atoms with Gasteiger partial charge in [-0.2, -0.15) is 0 Å². The molecule has 1 aliphatic heterocycles. The number of carboxylic acids is 1. The van der Waals surface area contributed by atoms with Crippen LogP contribution in [0.5, 0.6) is 0 Å². The van der Waals surface area contributed by atoms with Crippen molar-refractivity contribution in [3.63, 3.8) is 0 Å². The van der Waals surface area contributed by atoms with Crippen LogP contribution >= 0.6 is 0 Å². The van der Waals surface area contributed by atoms with Crippen molar-refractivity contribution in [2.75, 3.05) is 30.4 Å². The molecule has 0 spiro atoms. The molecular weight excluding hydrogens is 342 g/mol. The Bertz CT molecular complexity index is 837. The molecule has 1 aliphatic rings. The number of carbonyl (C=O) groups excluding carboxylic acids is 1. The summed E-state index contributed by atoms with van der Waals surface area (Å²) in [5.41, 5.74) is 4.37. The topological polar surface area (TPSA) is 72.9 Å². The molecule has 2 amide bonds. The molecule has 0 bridgehead atoms. The lowest BCUT2D eigenvalue weighted by molar-refractivity contribution is -0.141. The average molecular weight is 367 g/mol. The van der Waals surface area contributed by atoms with Crippen LogP contribution < -0.4 is 10.2 Å². The highest BCUT2D eigenvalue weighted by Gasteiger charge is 2.21. The molecule has 0 saturated carbocycles. The number of nitrogens with one attached hydrogen (secondary N) is 1. The highest BCUT2D eigenvalue weighted by Crippen LogP contribution is 2.30. The first kappa shape index (κ1) is 18.8. The number of fused-ring (bicyclic) bond motifs is 1. The van der Waals surface area contributed by atoms with Gasteiger partial charge in [0.1, 0.15) is 0 Å². The van der Waals surface area contributed by atoms with Crippen LogP contribution in [0.25, 0.3) is 0 Å². The lowest BCUT2D eigenvalue weighted by Gasteiger charge is -2.23. The molecule has 2 N–H and O–H groups in total. The van der Waals surface area contributed by atoms with Crippen LogP contribution in [0.1, 0.15) is 18.1 Å². The summed E-state index contributed by atoms with van der Waals surface area (Å²) < 4.78 is 0. The van der Waals surface area contributed by atoms with Crippen LogP contribution in [-0.4, -0.2) is 42.1 Å². The molecule has 1 heterocycles. The number of rotatable bonds is 6. The molecule has 0 aromatic heterocycles. The summed E-state index contributed by atoms with van der Waals surface area (Å²) >= 11 is 0. The van der Waals surface area contributed by atoms with E-state index in [0.29, 0.717) is 6.54 Å². The van der Waals surface area contributed by atoms with Gasteiger partial charge in [0.2, 0.25) is 0 Å². The normalized spacial score (nSPS) is 13.8. The average Bonchev–Trinajstić information content (AvgIpc) is 3.06. The molecule has 6 heteroatoms. The fourth-order valence-electron chi connectivity index (χ4n) is 3.34. The minimum absolute atomic E-state index is 0.156. The number of hydrogen-bond donors (Lipinski definition) is 2. The minimum Gasteiger partial charge on any atom is -0.481 e.